The number of anilines is 2. The molecule has 0 saturated carbocycles. The number of nitrogens with zero attached hydrogens (tertiary/aromatic N) is 8. The number of non-ortho nitro benzene ring substituents is 4. The number of likely N-dealkylation sites (N-methyl/N-ethyl adjacent to an activating group) is 2. The van der Waals surface area contributed by atoms with Gasteiger partial charge in [0.2, 0.25) is 11.4 Å². The summed E-state index contributed by atoms with van der Waals surface area (Å²) in [5.41, 5.74) is 12.1. The van der Waals surface area contributed by atoms with E-state index in [0.29, 0.717) is 25.7 Å². The van der Waals surface area contributed by atoms with Crippen LogP contribution in [-0.2, 0) is 47.3 Å². The van der Waals surface area contributed by atoms with Crippen LogP contribution in [0.2, 0.25) is 0 Å². The molecule has 106 heavy (non-hydrogen) atoms. The van der Waals surface area contributed by atoms with Crippen molar-refractivity contribution in [2.75, 3.05) is 38.0 Å². The molecule has 30 heteroatoms. The van der Waals surface area contributed by atoms with Gasteiger partial charge in [-0.05, 0) is 145 Å². The third kappa shape index (κ3) is 16.1. The molecule has 0 amide bonds. The van der Waals surface area contributed by atoms with Crippen molar-refractivity contribution >= 4 is 94.1 Å². The van der Waals surface area contributed by atoms with E-state index in [-0.39, 0.29) is 43.4 Å². The molecule has 0 fully saturated rings. The number of nitro groups is 4. The molecule has 16 nitrogen and oxygen atoms in total. The van der Waals surface area contributed by atoms with Crippen molar-refractivity contribution < 1.29 is 79.2 Å². The zero-order chi connectivity index (χ0) is 77.6. The Bertz CT molecular complexity index is 5030. The molecule has 4 heterocycles. The number of hydrogen-bond donors (Lipinski definition) is 0. The van der Waals surface area contributed by atoms with Crippen molar-refractivity contribution in [3.05, 3.63) is 315 Å². The van der Waals surface area contributed by atoms with Gasteiger partial charge >= 0.3 is 66.0 Å². The van der Waals surface area contributed by atoms with E-state index >= 15 is 0 Å². The fraction of sp³-hybridized carbons (Fsp3) is 0.211. The van der Waals surface area contributed by atoms with Gasteiger partial charge in [-0.15, -0.1) is 0 Å². The fourth-order valence-corrected chi connectivity index (χ4v) is 15.7. The summed E-state index contributed by atoms with van der Waals surface area (Å²) in [6, 6.07) is 56.8. The molecular formula is C76H68F12N8O8P2. The number of fused-ring (bicyclic) bond motifs is 8. The molecule has 13 rings (SSSR count). The number of allylic oxidation sites excluding steroid dienone is 8. The average molecular weight is 1510 g/mol. The van der Waals surface area contributed by atoms with Gasteiger partial charge in [0.15, 0.2) is 11.4 Å². The Morgan fingerprint density at radius 2 is 0.670 bits per heavy atom. The zero-order valence-corrected chi connectivity index (χ0v) is 59.7. The van der Waals surface area contributed by atoms with Gasteiger partial charge in [-0.2, -0.15) is 9.15 Å². The predicted octanol–water partition coefficient (Wildman–Crippen LogP) is 23.0. The first kappa shape index (κ1) is 76.2. The van der Waals surface area contributed by atoms with E-state index in [4.69, 9.17) is 0 Å². The second-order valence-electron chi connectivity index (χ2n) is 27.8. The molecule has 0 N–H and O–H groups in total. The number of rotatable bonds is 16. The van der Waals surface area contributed by atoms with Crippen molar-refractivity contribution in [2.24, 2.45) is 0 Å². The van der Waals surface area contributed by atoms with Gasteiger partial charge in [0, 0.05) is 132 Å². The second-order valence-corrected chi connectivity index (χ2v) is 31.6. The molecule has 554 valence electrons. The van der Waals surface area contributed by atoms with Crippen molar-refractivity contribution in [2.45, 2.75) is 75.0 Å². The first-order valence-corrected chi connectivity index (χ1v) is 36.8. The summed E-state index contributed by atoms with van der Waals surface area (Å²) in [4.78, 5) is 52.2. The summed E-state index contributed by atoms with van der Waals surface area (Å²) in [6.45, 7) is 8.96. The Labute approximate surface area is 598 Å². The van der Waals surface area contributed by atoms with Crippen LogP contribution in [0.1, 0.15) is 72.2 Å². The van der Waals surface area contributed by atoms with Crippen LogP contribution in [0.3, 0.4) is 0 Å². The number of nitro benzene ring substituents is 4. The average Bonchev–Trinajstić information content (AvgIpc) is 1.59. The summed E-state index contributed by atoms with van der Waals surface area (Å²) in [5, 5.41) is 54.3. The zero-order valence-electron chi connectivity index (χ0n) is 57.9. The van der Waals surface area contributed by atoms with E-state index in [1.165, 1.54) is 58.3 Å². The summed E-state index contributed by atoms with van der Waals surface area (Å²) < 4.78 is 123. The molecule has 0 radical (unpaired) electrons. The fourth-order valence-electron chi connectivity index (χ4n) is 15.7. The minimum atomic E-state index is -10.7. The first-order chi connectivity index (χ1) is 48.9. The molecule has 2 unspecified atom stereocenters. The molecule has 0 aliphatic carbocycles. The van der Waals surface area contributed by atoms with Gasteiger partial charge < -0.3 is 9.80 Å². The number of benzene rings is 9. The Morgan fingerprint density at radius 1 is 0.396 bits per heavy atom. The quantitative estimate of drug-likeness (QED) is 0.0296. The van der Waals surface area contributed by atoms with E-state index in [2.05, 4.69) is 194 Å². The molecule has 0 bridgehead atoms. The molecule has 0 spiro atoms. The van der Waals surface area contributed by atoms with E-state index in [0.717, 1.165) is 89.7 Å². The van der Waals surface area contributed by atoms with Gasteiger partial charge in [-0.25, -0.2) is 0 Å². The van der Waals surface area contributed by atoms with E-state index in [1.54, 1.807) is 48.5 Å². The summed E-state index contributed by atoms with van der Waals surface area (Å²) >= 11 is 0. The summed E-state index contributed by atoms with van der Waals surface area (Å²) in [7, 11) is -13.2. The standard InChI is InChI=1S/C76H68N8O8.2F6P/c1-73(2)67(79(7)65-39-31-53-15-9-11-17-59(53)71(65)73)19-13-21-69-75(47-51-27-33-55(34-28-51)81(85)86,61-43-57(83(89)90)37-41-63(61)77(69)5)45-49-23-25-50(26-24-49)46-76(48-52-29-35-56(36-30-52)82(87)88)62-44-58(84(91)92)38-42-64(62)78(6)70(76)22-14-20-68-74(3,4)72-60-18-12-10-16-54(60)32-40-66(72)80(68)8;2*1-7(2,3,4,5)6/h9-44H,45-48H2,1-8H3;;/q+2;2*-1. The van der Waals surface area contributed by atoms with Gasteiger partial charge in [-0.3, -0.25) is 40.5 Å². The molecule has 0 saturated heterocycles. The van der Waals surface area contributed by atoms with Crippen molar-refractivity contribution in [3.8, 4) is 0 Å². The number of halogens is 12. The van der Waals surface area contributed by atoms with Crippen LogP contribution in [0.4, 0.5) is 95.9 Å². The monoisotopic (exact) mass is 1510 g/mol. The van der Waals surface area contributed by atoms with Crippen LogP contribution in [0.5, 0.6) is 0 Å². The predicted molar refractivity (Wildman–Crippen MR) is 391 cm³/mol. The Balaban J connectivity index is 0.000000730. The molecule has 2 atom stereocenters. The van der Waals surface area contributed by atoms with Crippen LogP contribution in [-0.4, -0.2) is 68.5 Å². The SMILES string of the molecule is CN1C(=CC=CC2=[N+](C)c3ccc4ccccc4c3C2(C)C)C(Cc2ccc(CC3(Cc4ccc([N+](=O)[O-])cc4)C(=CC=CC4=[N+](C)c5ccc6ccccc6c5C4(C)C)N(C)c4ccc([N+](=O)[O-])cc43)cc2)(Cc2ccc([N+](=O)[O-])cc2)c2cc([N+](=O)[O-])ccc21.F[P-](F)(F)(F)(F)F.F[P-](F)(F)(F)(F)F. The summed E-state index contributed by atoms with van der Waals surface area (Å²) in [6.07, 6.45) is 14.0. The number of hydrogen-bond acceptors (Lipinski definition) is 10. The molecule has 4 aliphatic heterocycles. The third-order valence-electron chi connectivity index (χ3n) is 20.0. The first-order valence-electron chi connectivity index (χ1n) is 32.7. The van der Waals surface area contributed by atoms with E-state index in [1.807, 2.05) is 14.1 Å². The summed E-state index contributed by atoms with van der Waals surface area (Å²) in [5.74, 6) is 0. The van der Waals surface area contributed by atoms with Crippen LogP contribution in [0.25, 0.3) is 21.5 Å². The van der Waals surface area contributed by atoms with Crippen LogP contribution < -0.4 is 9.80 Å². The van der Waals surface area contributed by atoms with Crippen molar-refractivity contribution in [1.82, 2.24) is 0 Å². The topological polar surface area (TPSA) is 185 Å². The molecule has 9 aromatic carbocycles. The van der Waals surface area contributed by atoms with Crippen LogP contribution in [0.15, 0.2) is 230 Å². The second kappa shape index (κ2) is 25.4. The van der Waals surface area contributed by atoms with Crippen LogP contribution in [0, 0.1) is 40.5 Å². The Morgan fingerprint density at radius 3 is 0.962 bits per heavy atom. The van der Waals surface area contributed by atoms with Crippen molar-refractivity contribution in [3.63, 3.8) is 0 Å². The Hall–Kier alpha value is -11.0. The molecule has 9 aromatic rings. The normalized spacial score (nSPS) is 20.0. The third-order valence-corrected chi connectivity index (χ3v) is 20.0. The van der Waals surface area contributed by atoms with Crippen LogP contribution >= 0.6 is 15.6 Å². The molecule has 4 aliphatic rings. The van der Waals surface area contributed by atoms with Gasteiger partial charge in [0.25, 0.3) is 22.7 Å². The maximum absolute atomic E-state index is 12.8. The van der Waals surface area contributed by atoms with Gasteiger partial charge in [-0.1, -0.05) is 109 Å². The molecular weight excluding hydrogens is 1440 g/mol. The van der Waals surface area contributed by atoms with E-state index < -0.39 is 36.3 Å². The van der Waals surface area contributed by atoms with Crippen molar-refractivity contribution in [1.29, 1.82) is 0 Å². The minimum absolute atomic E-state index is 0.0547. The molecule has 0 aromatic heterocycles. The van der Waals surface area contributed by atoms with Gasteiger partial charge in [0.1, 0.15) is 14.1 Å². The maximum atomic E-state index is 12.8. The van der Waals surface area contributed by atoms with E-state index in [9.17, 15) is 90.8 Å². The Kier molecular flexibility index (Phi) is 18.2. The van der Waals surface area contributed by atoms with Gasteiger partial charge in [0.05, 0.1) is 30.5 Å².